The number of alkyl halides is 3. The van der Waals surface area contributed by atoms with Crippen LogP contribution >= 0.6 is 11.6 Å². The first-order chi connectivity index (χ1) is 14.3. The molecule has 1 aromatic carbocycles. The molecule has 0 spiro atoms. The van der Waals surface area contributed by atoms with Gasteiger partial charge in [0.25, 0.3) is 6.35 Å². The second-order valence-electron chi connectivity index (χ2n) is 6.70. The predicted molar refractivity (Wildman–Crippen MR) is 101 cm³/mol. The molecule has 1 unspecified atom stereocenters. The van der Waals surface area contributed by atoms with Crippen LogP contribution in [-0.2, 0) is 11.3 Å². The summed E-state index contributed by atoms with van der Waals surface area (Å²) in [6.45, 7) is 1.14. The highest BCUT2D eigenvalue weighted by Crippen LogP contribution is 2.31. The van der Waals surface area contributed by atoms with Crippen LogP contribution in [0, 0.1) is 0 Å². The van der Waals surface area contributed by atoms with Crippen molar-refractivity contribution < 1.29 is 27.4 Å². The van der Waals surface area contributed by atoms with Crippen molar-refractivity contribution in [1.29, 1.82) is 0 Å². The van der Waals surface area contributed by atoms with Crippen molar-refractivity contribution in [1.82, 2.24) is 20.1 Å². The highest BCUT2D eigenvalue weighted by atomic mass is 35.5. The van der Waals surface area contributed by atoms with E-state index < -0.39 is 12.7 Å². The van der Waals surface area contributed by atoms with Gasteiger partial charge in [0.05, 0.1) is 29.6 Å². The van der Waals surface area contributed by atoms with Crippen molar-refractivity contribution >= 4 is 11.6 Å². The molecular weight excluding hydrogens is 425 g/mol. The van der Waals surface area contributed by atoms with Crippen molar-refractivity contribution in [3.8, 4) is 11.5 Å². The van der Waals surface area contributed by atoms with Crippen LogP contribution in [-0.4, -0.2) is 47.9 Å². The Morgan fingerprint density at radius 2 is 2.07 bits per heavy atom. The number of rotatable bonds is 5. The number of halogens is 4. The molecule has 0 radical (unpaired) electrons. The van der Waals surface area contributed by atoms with Crippen LogP contribution in [0.2, 0.25) is 5.02 Å². The fourth-order valence-corrected chi connectivity index (χ4v) is 3.31. The van der Waals surface area contributed by atoms with E-state index in [1.54, 1.807) is 24.4 Å². The van der Waals surface area contributed by atoms with Gasteiger partial charge in [-0.2, -0.15) is 0 Å². The molecule has 0 saturated carbocycles. The van der Waals surface area contributed by atoms with Crippen molar-refractivity contribution in [3.63, 3.8) is 0 Å². The molecule has 11 heteroatoms. The van der Waals surface area contributed by atoms with E-state index in [0.717, 1.165) is 17.2 Å². The minimum Gasteiger partial charge on any atom is -0.452 e. The predicted octanol–water partition coefficient (Wildman–Crippen LogP) is 3.49. The smallest absolute Gasteiger partial charge is 0.452 e. The lowest BCUT2D eigenvalue weighted by atomic mass is 10.3. The van der Waals surface area contributed by atoms with Gasteiger partial charge < -0.3 is 29.3 Å². The second kappa shape index (κ2) is 8.11. The number of ether oxygens (including phenoxy) is 3. The van der Waals surface area contributed by atoms with E-state index in [9.17, 15) is 13.2 Å². The molecular formula is C19H18ClF3N4O3. The van der Waals surface area contributed by atoms with Gasteiger partial charge >= 0.3 is 6.36 Å². The summed E-state index contributed by atoms with van der Waals surface area (Å²) in [6.07, 6.45) is -3.91. The fourth-order valence-electron chi connectivity index (χ4n) is 3.20. The zero-order chi connectivity index (χ0) is 21.3. The number of nitrogens with zero attached hydrogens (tertiary/aromatic N) is 3. The number of pyridine rings is 1. The first kappa shape index (κ1) is 20.4. The van der Waals surface area contributed by atoms with E-state index >= 15 is 0 Å². The van der Waals surface area contributed by atoms with Crippen LogP contribution in [0.4, 0.5) is 13.2 Å². The normalized spacial score (nSPS) is 18.9. The van der Waals surface area contributed by atoms with Crippen LogP contribution in [0.3, 0.4) is 0 Å². The molecule has 160 valence electrons. The molecule has 0 bridgehead atoms. The third-order valence-corrected chi connectivity index (χ3v) is 4.70. The summed E-state index contributed by atoms with van der Waals surface area (Å²) in [5.41, 5.74) is 1.60. The van der Waals surface area contributed by atoms with Gasteiger partial charge in [0.15, 0.2) is 0 Å². The molecule has 2 aromatic rings. The van der Waals surface area contributed by atoms with Gasteiger partial charge in [-0.1, -0.05) is 17.7 Å². The van der Waals surface area contributed by atoms with Gasteiger partial charge in [-0.3, -0.25) is 4.98 Å². The Kier molecular flexibility index (Phi) is 5.52. The Labute approximate surface area is 175 Å². The van der Waals surface area contributed by atoms with Crippen LogP contribution < -0.4 is 14.8 Å². The minimum absolute atomic E-state index is 0.215. The summed E-state index contributed by atoms with van der Waals surface area (Å²) < 4.78 is 53.1. The molecule has 0 amide bonds. The largest absolute Gasteiger partial charge is 0.573 e. The standard InChI is InChI=1S/C19H18ClF3N4O3/c1-26-11-28-10-16-17(26)25-18(27(16)9-13-6-5-12(20)8-24-13)29-14-3-2-4-15(7-14)30-19(21,22)23/h2-8,18,25H,9-11H2,1H3. The molecule has 30 heavy (non-hydrogen) atoms. The van der Waals surface area contributed by atoms with E-state index in [0.29, 0.717) is 24.9 Å². The minimum atomic E-state index is -4.78. The van der Waals surface area contributed by atoms with Crippen LogP contribution in [0.15, 0.2) is 54.1 Å². The Bertz CT molecular complexity index is 939. The lowest BCUT2D eigenvalue weighted by molar-refractivity contribution is -0.274. The van der Waals surface area contributed by atoms with E-state index in [1.807, 2.05) is 16.8 Å². The maximum Gasteiger partial charge on any atom is 0.573 e. The lowest BCUT2D eigenvalue weighted by Crippen LogP contribution is -2.42. The Balaban J connectivity index is 1.57. The molecule has 4 rings (SSSR count). The Hall–Kier alpha value is -2.85. The van der Waals surface area contributed by atoms with E-state index in [1.165, 1.54) is 18.2 Å². The molecule has 1 aromatic heterocycles. The number of aromatic nitrogens is 1. The number of hydrogen-bond acceptors (Lipinski definition) is 7. The van der Waals surface area contributed by atoms with Gasteiger partial charge in [-0.05, 0) is 24.3 Å². The molecule has 2 aliphatic rings. The molecule has 0 fully saturated rings. The topological polar surface area (TPSA) is 59.1 Å². The van der Waals surface area contributed by atoms with Crippen molar-refractivity contribution in [2.45, 2.75) is 19.3 Å². The summed E-state index contributed by atoms with van der Waals surface area (Å²) >= 11 is 5.91. The van der Waals surface area contributed by atoms with Crippen molar-refractivity contribution in [3.05, 3.63) is 64.8 Å². The highest BCUT2D eigenvalue weighted by molar-refractivity contribution is 6.30. The quantitative estimate of drug-likeness (QED) is 0.760. The molecule has 7 nitrogen and oxygen atoms in total. The average Bonchev–Trinajstić information content (AvgIpc) is 3.01. The lowest BCUT2D eigenvalue weighted by Gasteiger charge is -2.29. The molecule has 2 aliphatic heterocycles. The number of benzene rings is 1. The fraction of sp³-hybridized carbons (Fsp3) is 0.316. The van der Waals surface area contributed by atoms with E-state index in [2.05, 4.69) is 15.0 Å². The van der Waals surface area contributed by atoms with Crippen LogP contribution in [0.5, 0.6) is 11.5 Å². The first-order valence-corrected chi connectivity index (χ1v) is 9.34. The summed E-state index contributed by atoms with van der Waals surface area (Å²) in [5.74, 6) is 0.678. The third-order valence-electron chi connectivity index (χ3n) is 4.48. The summed E-state index contributed by atoms with van der Waals surface area (Å²) in [4.78, 5) is 8.10. The van der Waals surface area contributed by atoms with Gasteiger partial charge in [0, 0.05) is 19.3 Å². The third kappa shape index (κ3) is 4.65. The van der Waals surface area contributed by atoms with Crippen molar-refractivity contribution in [2.24, 2.45) is 0 Å². The average molecular weight is 443 g/mol. The second-order valence-corrected chi connectivity index (χ2v) is 7.14. The maximum atomic E-state index is 12.5. The Morgan fingerprint density at radius 3 is 2.80 bits per heavy atom. The zero-order valence-corrected chi connectivity index (χ0v) is 16.6. The molecule has 1 N–H and O–H groups in total. The van der Waals surface area contributed by atoms with E-state index in [4.69, 9.17) is 21.1 Å². The van der Waals surface area contributed by atoms with Gasteiger partial charge in [-0.25, -0.2) is 0 Å². The maximum absolute atomic E-state index is 12.5. The highest BCUT2D eigenvalue weighted by Gasteiger charge is 2.37. The van der Waals surface area contributed by atoms with Crippen molar-refractivity contribution in [2.75, 3.05) is 20.4 Å². The van der Waals surface area contributed by atoms with Crippen LogP contribution in [0.1, 0.15) is 5.69 Å². The molecule has 0 aliphatic carbocycles. The first-order valence-electron chi connectivity index (χ1n) is 8.96. The molecule has 3 heterocycles. The van der Waals surface area contributed by atoms with Gasteiger partial charge in [0.2, 0.25) is 0 Å². The number of nitrogens with one attached hydrogen (secondary N) is 1. The summed E-state index contributed by atoms with van der Waals surface area (Å²) in [6, 6.07) is 8.91. The van der Waals surface area contributed by atoms with Gasteiger partial charge in [-0.15, -0.1) is 13.2 Å². The zero-order valence-electron chi connectivity index (χ0n) is 15.8. The molecule has 0 saturated heterocycles. The summed E-state index contributed by atoms with van der Waals surface area (Å²) in [5, 5.41) is 3.77. The molecule has 1 atom stereocenters. The monoisotopic (exact) mass is 442 g/mol. The Morgan fingerprint density at radius 1 is 1.27 bits per heavy atom. The van der Waals surface area contributed by atoms with E-state index in [-0.39, 0.29) is 11.5 Å². The van der Waals surface area contributed by atoms with Crippen LogP contribution in [0.25, 0.3) is 0 Å². The summed E-state index contributed by atoms with van der Waals surface area (Å²) in [7, 11) is 1.86. The van der Waals surface area contributed by atoms with Gasteiger partial charge in [0.1, 0.15) is 24.1 Å². The number of hydrogen-bond donors (Lipinski definition) is 1. The SMILES string of the molecule is CN1COCC2=C1NC(Oc1cccc(OC(F)(F)F)c1)N2Cc1ccc(Cl)cn1.